The minimum Gasteiger partial charge on any atom is -0.469 e. The van der Waals surface area contributed by atoms with Crippen LogP contribution >= 0.6 is 7.60 Å². The second kappa shape index (κ2) is 15.4. The first-order valence-electron chi connectivity index (χ1n) is 13.4. The molecule has 42 heavy (non-hydrogen) atoms. The summed E-state index contributed by atoms with van der Waals surface area (Å²) in [7, 11) is -6.31. The van der Waals surface area contributed by atoms with Crippen LogP contribution in [0.5, 0.6) is 0 Å². The summed E-state index contributed by atoms with van der Waals surface area (Å²) in [5.74, 6) is -4.40. The van der Waals surface area contributed by atoms with Gasteiger partial charge in [-0.1, -0.05) is 73.2 Å². The van der Waals surface area contributed by atoms with Gasteiger partial charge < -0.3 is 18.5 Å². The van der Waals surface area contributed by atoms with E-state index in [9.17, 15) is 22.6 Å². The second-order valence-corrected chi connectivity index (χ2v) is 13.6. The van der Waals surface area contributed by atoms with Crippen molar-refractivity contribution in [3.8, 4) is 0 Å². The quantitative estimate of drug-likeness (QED) is 0.145. The smallest absolute Gasteiger partial charge is 0.336 e. The summed E-state index contributed by atoms with van der Waals surface area (Å²) >= 11 is 0. The Morgan fingerprint density at radius 2 is 1.55 bits per heavy atom. The van der Waals surface area contributed by atoms with Crippen molar-refractivity contribution in [2.75, 3.05) is 27.0 Å². The maximum Gasteiger partial charge on any atom is 0.336 e. The lowest BCUT2D eigenvalue weighted by Crippen LogP contribution is -2.42. The molecule has 0 amide bonds. The zero-order valence-corrected chi connectivity index (χ0v) is 25.8. The van der Waals surface area contributed by atoms with E-state index < -0.39 is 53.8 Å². The molecule has 2 aromatic carbocycles. The highest BCUT2D eigenvalue weighted by Gasteiger charge is 2.44. The number of rotatable bonds is 15. The Morgan fingerprint density at radius 3 is 2.14 bits per heavy atom. The van der Waals surface area contributed by atoms with E-state index in [1.54, 1.807) is 43.3 Å². The van der Waals surface area contributed by atoms with Crippen LogP contribution in [0.4, 0.5) is 0 Å². The van der Waals surface area contributed by atoms with E-state index in [2.05, 4.69) is 0 Å². The number of ether oxygens (including phenoxy) is 2. The van der Waals surface area contributed by atoms with E-state index in [4.69, 9.17) is 22.7 Å². The summed E-state index contributed by atoms with van der Waals surface area (Å²) in [5, 5.41) is 0. The third-order valence-corrected chi connectivity index (χ3v) is 9.98. The van der Waals surface area contributed by atoms with Crippen LogP contribution in [0.15, 0.2) is 83.3 Å². The molecule has 0 spiro atoms. The van der Waals surface area contributed by atoms with Gasteiger partial charge in [0.15, 0.2) is 6.10 Å². The Kier molecular flexibility index (Phi) is 12.3. The van der Waals surface area contributed by atoms with E-state index in [1.165, 1.54) is 19.1 Å². The Labute approximate surface area is 247 Å². The maximum atomic E-state index is 14.2. The number of hydrogen-bond acceptors (Lipinski definition) is 10. The molecule has 4 atom stereocenters. The molecule has 3 rings (SSSR count). The van der Waals surface area contributed by atoms with Gasteiger partial charge in [0.1, 0.15) is 0 Å². The topological polar surface area (TPSA) is 132 Å². The molecule has 0 bridgehead atoms. The van der Waals surface area contributed by atoms with Gasteiger partial charge in [-0.3, -0.25) is 13.5 Å². The van der Waals surface area contributed by atoms with Crippen LogP contribution in [-0.4, -0.2) is 53.4 Å². The van der Waals surface area contributed by atoms with E-state index >= 15 is 0 Å². The third-order valence-electron chi connectivity index (χ3n) is 6.78. The molecule has 1 aliphatic carbocycles. The molecule has 0 fully saturated rings. The summed E-state index contributed by atoms with van der Waals surface area (Å²) in [6.07, 6.45) is 5.21. The standard InChI is InChI=1S/C30H37O10PS/c1-22-15-17-26(18-16-22)42(34,35)40-28(30(32)37-4)23(2)27(29(31)36-3)21-41(33,38-19-24-11-7-5-8-12-24)39-20-25-13-9-6-10-14-25/h5,7-9,11-18,23,27-28H,6,10,19-21H2,1-4H3/t23?,27?,28-,41?/m1/s1. The number of allylic oxidation sites excluding steroid dienone is 2. The van der Waals surface area contributed by atoms with Crippen molar-refractivity contribution in [1.29, 1.82) is 0 Å². The van der Waals surface area contributed by atoms with Gasteiger partial charge in [-0.05, 0) is 43.0 Å². The molecular weight excluding hydrogens is 583 g/mol. The number of aryl methyl sites for hydroxylation is 1. The molecule has 2 aromatic rings. The van der Waals surface area contributed by atoms with Crippen LogP contribution in [0.3, 0.4) is 0 Å². The maximum absolute atomic E-state index is 14.2. The Morgan fingerprint density at radius 1 is 0.905 bits per heavy atom. The number of benzene rings is 2. The van der Waals surface area contributed by atoms with Crippen LogP contribution in [0.1, 0.15) is 30.9 Å². The van der Waals surface area contributed by atoms with Gasteiger partial charge in [-0.2, -0.15) is 8.42 Å². The molecule has 1 aliphatic rings. The first kappa shape index (κ1) is 33.4. The van der Waals surface area contributed by atoms with Gasteiger partial charge in [0.25, 0.3) is 10.1 Å². The molecule has 228 valence electrons. The molecule has 0 heterocycles. The summed E-state index contributed by atoms with van der Waals surface area (Å²) in [6.45, 7) is 3.10. The first-order valence-corrected chi connectivity index (χ1v) is 16.5. The molecule has 3 unspecified atom stereocenters. The lowest BCUT2D eigenvalue weighted by atomic mass is 9.90. The van der Waals surface area contributed by atoms with Crippen molar-refractivity contribution < 1.29 is 45.3 Å². The predicted molar refractivity (Wildman–Crippen MR) is 156 cm³/mol. The summed E-state index contributed by atoms with van der Waals surface area (Å²) < 4.78 is 67.2. The normalized spacial score (nSPS) is 16.9. The molecule has 0 aliphatic heterocycles. The molecule has 0 N–H and O–H groups in total. The second-order valence-electron chi connectivity index (χ2n) is 9.88. The predicted octanol–water partition coefficient (Wildman–Crippen LogP) is 5.37. The Hall–Kier alpha value is -3.08. The van der Waals surface area contributed by atoms with Crippen LogP contribution < -0.4 is 0 Å². The van der Waals surface area contributed by atoms with Gasteiger partial charge in [-0.15, -0.1) is 0 Å². The van der Waals surface area contributed by atoms with E-state index in [-0.39, 0.29) is 18.1 Å². The van der Waals surface area contributed by atoms with E-state index in [1.807, 2.05) is 24.3 Å². The summed E-state index contributed by atoms with van der Waals surface area (Å²) in [5.41, 5.74) is 2.34. The molecule has 0 saturated carbocycles. The molecule has 0 radical (unpaired) electrons. The molecular formula is C30H37O10PS. The van der Waals surface area contributed by atoms with Crippen LogP contribution in [0.25, 0.3) is 0 Å². The zero-order chi connectivity index (χ0) is 30.8. The number of hydrogen-bond donors (Lipinski definition) is 0. The van der Waals surface area contributed by atoms with Gasteiger partial charge >= 0.3 is 19.5 Å². The van der Waals surface area contributed by atoms with E-state index in [0.29, 0.717) is 0 Å². The highest BCUT2D eigenvalue weighted by Crippen LogP contribution is 2.52. The van der Waals surface area contributed by atoms with Crippen molar-refractivity contribution in [1.82, 2.24) is 0 Å². The minimum atomic E-state index is -4.46. The van der Waals surface area contributed by atoms with Crippen molar-refractivity contribution in [3.05, 3.63) is 89.5 Å². The minimum absolute atomic E-state index is 0.0381. The first-order chi connectivity index (χ1) is 20.0. The summed E-state index contributed by atoms with van der Waals surface area (Å²) in [6, 6.07) is 14.8. The fraction of sp³-hybridized carbons (Fsp3) is 0.400. The lowest BCUT2D eigenvalue weighted by Gasteiger charge is -2.30. The fourth-order valence-electron chi connectivity index (χ4n) is 4.25. The number of carbonyl (C=O) groups excluding carboxylic acids is 2. The monoisotopic (exact) mass is 620 g/mol. The van der Waals surface area contributed by atoms with Crippen LogP contribution in [-0.2, 0) is 53.6 Å². The molecule has 10 nitrogen and oxygen atoms in total. The molecule has 12 heteroatoms. The number of carbonyl (C=O) groups is 2. The highest BCUT2D eigenvalue weighted by atomic mass is 32.2. The van der Waals surface area contributed by atoms with Crippen LogP contribution in [0.2, 0.25) is 0 Å². The SMILES string of the molecule is COC(=O)C(CP(=O)(OCC1=CCCC=C1)OCc1ccccc1)C(C)[C@@H](OS(=O)(=O)c1ccc(C)cc1)C(=O)OC. The largest absolute Gasteiger partial charge is 0.469 e. The average molecular weight is 621 g/mol. The molecule has 0 saturated heterocycles. The highest BCUT2D eigenvalue weighted by molar-refractivity contribution is 7.86. The zero-order valence-electron chi connectivity index (χ0n) is 24.1. The van der Waals surface area contributed by atoms with Crippen LogP contribution in [0, 0.1) is 18.8 Å². The Bertz CT molecular complexity index is 1420. The van der Waals surface area contributed by atoms with E-state index in [0.717, 1.165) is 43.8 Å². The van der Waals surface area contributed by atoms with Crippen molar-refractivity contribution >= 4 is 29.7 Å². The fourth-order valence-corrected chi connectivity index (χ4v) is 7.30. The number of esters is 2. The van der Waals surface area contributed by atoms with Crippen molar-refractivity contribution in [3.63, 3.8) is 0 Å². The average Bonchev–Trinajstić information content (AvgIpc) is 3.01. The number of methoxy groups -OCH3 is 2. The third kappa shape index (κ3) is 9.47. The Balaban J connectivity index is 1.92. The van der Waals surface area contributed by atoms with Gasteiger partial charge in [-0.25, -0.2) is 4.79 Å². The van der Waals surface area contributed by atoms with Crippen molar-refractivity contribution in [2.45, 2.75) is 44.3 Å². The van der Waals surface area contributed by atoms with Crippen molar-refractivity contribution in [2.24, 2.45) is 11.8 Å². The summed E-state index contributed by atoms with van der Waals surface area (Å²) in [4.78, 5) is 25.7. The lowest BCUT2D eigenvalue weighted by molar-refractivity contribution is -0.156. The van der Waals surface area contributed by atoms with Gasteiger partial charge in [0, 0.05) is 5.92 Å². The van der Waals surface area contributed by atoms with Gasteiger partial charge in [0.05, 0.1) is 44.4 Å². The van der Waals surface area contributed by atoms with Gasteiger partial charge in [0.2, 0.25) is 0 Å². The molecule has 0 aromatic heterocycles.